The van der Waals surface area contributed by atoms with Gasteiger partial charge in [0.15, 0.2) is 5.16 Å². The quantitative estimate of drug-likeness (QED) is 0.446. The van der Waals surface area contributed by atoms with E-state index in [9.17, 15) is 9.59 Å². The Balaban J connectivity index is 1.63. The van der Waals surface area contributed by atoms with E-state index in [0.717, 1.165) is 11.4 Å². The van der Waals surface area contributed by atoms with Crippen molar-refractivity contribution in [3.63, 3.8) is 0 Å². The van der Waals surface area contributed by atoms with Gasteiger partial charge in [-0.25, -0.2) is 4.79 Å². The summed E-state index contributed by atoms with van der Waals surface area (Å²) in [6.45, 7) is 7.85. The maximum atomic E-state index is 12.6. The molecule has 3 aromatic rings. The number of rotatable bonds is 8. The molecule has 1 aromatic heterocycles. The van der Waals surface area contributed by atoms with Gasteiger partial charge in [0.2, 0.25) is 5.91 Å². The normalized spacial score (nSPS) is 11.1. The predicted molar refractivity (Wildman–Crippen MR) is 133 cm³/mol. The van der Waals surface area contributed by atoms with Gasteiger partial charge < -0.3 is 19.4 Å². The second-order valence-electron chi connectivity index (χ2n) is 8.48. The van der Waals surface area contributed by atoms with Crippen molar-refractivity contribution >= 4 is 35.1 Å². The molecule has 3 rings (SSSR count). The lowest BCUT2D eigenvalue weighted by Gasteiger charge is -2.20. The van der Waals surface area contributed by atoms with Crippen LogP contribution in [0.1, 0.15) is 32.2 Å². The Bertz CT molecular complexity index is 1140. The van der Waals surface area contributed by atoms with Gasteiger partial charge in [0.1, 0.15) is 17.2 Å². The molecule has 10 heteroatoms. The number of carbonyl (C=O) groups excluding carboxylic acids is 2. The minimum Gasteiger partial charge on any atom is -0.495 e. The third-order valence-corrected chi connectivity index (χ3v) is 5.50. The average molecular weight is 484 g/mol. The van der Waals surface area contributed by atoms with Crippen LogP contribution in [0, 0.1) is 6.92 Å². The van der Waals surface area contributed by atoms with Gasteiger partial charge in [-0.15, -0.1) is 10.2 Å². The van der Waals surface area contributed by atoms with Crippen molar-refractivity contribution in [3.05, 3.63) is 59.9 Å². The fraction of sp³-hybridized carbons (Fsp3) is 0.333. The molecule has 0 spiro atoms. The van der Waals surface area contributed by atoms with Crippen molar-refractivity contribution in [2.24, 2.45) is 0 Å². The zero-order valence-corrected chi connectivity index (χ0v) is 20.7. The van der Waals surface area contributed by atoms with Crippen molar-refractivity contribution in [3.8, 4) is 5.75 Å². The van der Waals surface area contributed by atoms with E-state index in [1.165, 1.54) is 18.9 Å². The number of hydrogen-bond donors (Lipinski definition) is 2. The molecule has 2 N–H and O–H groups in total. The number of anilines is 2. The highest BCUT2D eigenvalue weighted by Crippen LogP contribution is 2.29. The van der Waals surface area contributed by atoms with Gasteiger partial charge in [0.25, 0.3) is 0 Å². The van der Waals surface area contributed by atoms with Crippen molar-refractivity contribution in [1.82, 2.24) is 14.8 Å². The summed E-state index contributed by atoms with van der Waals surface area (Å²) in [5, 5.41) is 14.5. The number of nitrogens with zero attached hydrogens (tertiary/aromatic N) is 3. The number of benzene rings is 2. The minimum atomic E-state index is -0.639. The van der Waals surface area contributed by atoms with E-state index in [2.05, 4.69) is 20.8 Å². The number of aryl methyl sites for hydroxylation is 1. The summed E-state index contributed by atoms with van der Waals surface area (Å²) in [6.07, 6.45) is -0.613. The summed E-state index contributed by atoms with van der Waals surface area (Å²) in [6, 6.07) is 15.0. The Morgan fingerprint density at radius 3 is 2.47 bits per heavy atom. The van der Waals surface area contributed by atoms with Crippen LogP contribution < -0.4 is 15.4 Å². The van der Waals surface area contributed by atoms with Gasteiger partial charge in [0, 0.05) is 5.69 Å². The molecule has 0 aliphatic heterocycles. The molecule has 0 saturated carbocycles. The summed E-state index contributed by atoms with van der Waals surface area (Å²) >= 11 is 1.31. The van der Waals surface area contributed by atoms with E-state index in [1.54, 1.807) is 39.0 Å². The molecule has 34 heavy (non-hydrogen) atoms. The zero-order valence-electron chi connectivity index (χ0n) is 19.9. The molecule has 0 bridgehead atoms. The fourth-order valence-corrected chi connectivity index (χ4v) is 3.82. The maximum Gasteiger partial charge on any atom is 0.412 e. The number of nitrogens with one attached hydrogen (secondary N) is 2. The Labute approximate surface area is 203 Å². The lowest BCUT2D eigenvalue weighted by molar-refractivity contribution is -0.113. The fourth-order valence-electron chi connectivity index (χ4n) is 3.04. The highest BCUT2D eigenvalue weighted by Gasteiger charge is 2.18. The van der Waals surface area contributed by atoms with Gasteiger partial charge >= 0.3 is 6.09 Å². The van der Waals surface area contributed by atoms with E-state index in [0.29, 0.717) is 28.8 Å². The molecule has 0 aliphatic rings. The van der Waals surface area contributed by atoms with Crippen LogP contribution in [0.3, 0.4) is 0 Å². The molecule has 180 valence electrons. The lowest BCUT2D eigenvalue weighted by atomic mass is 10.2. The SMILES string of the molecule is COc1ccc(NC(=O)CSc2nnc(C)n2Cc2ccccc2)cc1NC(=O)OC(C)(C)C. The van der Waals surface area contributed by atoms with Crippen LogP contribution >= 0.6 is 11.8 Å². The molecule has 2 amide bonds. The van der Waals surface area contributed by atoms with Gasteiger partial charge in [-0.05, 0) is 51.5 Å². The number of ether oxygens (including phenoxy) is 2. The molecular weight excluding hydrogens is 454 g/mol. The van der Waals surface area contributed by atoms with E-state index >= 15 is 0 Å². The Hall–Kier alpha value is -3.53. The lowest BCUT2D eigenvalue weighted by Crippen LogP contribution is -2.27. The molecule has 2 aromatic carbocycles. The molecule has 0 fully saturated rings. The van der Waals surface area contributed by atoms with Gasteiger partial charge in [0.05, 0.1) is 25.1 Å². The monoisotopic (exact) mass is 483 g/mol. The molecule has 0 unspecified atom stereocenters. The zero-order chi connectivity index (χ0) is 24.7. The summed E-state index contributed by atoms with van der Waals surface area (Å²) in [5.41, 5.74) is 1.39. The highest BCUT2D eigenvalue weighted by molar-refractivity contribution is 7.99. The minimum absolute atomic E-state index is 0.147. The predicted octanol–water partition coefficient (Wildman–Crippen LogP) is 4.72. The smallest absolute Gasteiger partial charge is 0.412 e. The number of hydrogen-bond acceptors (Lipinski definition) is 7. The Morgan fingerprint density at radius 2 is 1.79 bits per heavy atom. The Kier molecular flexibility index (Phi) is 8.17. The molecular formula is C24H29N5O4S. The summed E-state index contributed by atoms with van der Waals surface area (Å²) in [7, 11) is 1.50. The van der Waals surface area contributed by atoms with Crippen LogP contribution in [0.5, 0.6) is 5.75 Å². The number of methoxy groups -OCH3 is 1. The van der Waals surface area contributed by atoms with Crippen LogP contribution in [0.25, 0.3) is 0 Å². The van der Waals surface area contributed by atoms with Crippen LogP contribution in [-0.2, 0) is 16.1 Å². The standard InChI is InChI=1S/C24H29N5O4S/c1-16-27-28-22(29(16)14-17-9-7-6-8-10-17)34-15-21(30)25-18-11-12-20(32-5)19(13-18)26-23(31)33-24(2,3)4/h6-13H,14-15H2,1-5H3,(H,25,30)(H,26,31). The first-order valence-electron chi connectivity index (χ1n) is 10.7. The highest BCUT2D eigenvalue weighted by atomic mass is 32.2. The summed E-state index contributed by atoms with van der Waals surface area (Å²) in [5.74, 6) is 1.15. The molecule has 0 saturated heterocycles. The number of thioether (sulfide) groups is 1. The van der Waals surface area contributed by atoms with Gasteiger partial charge in [-0.1, -0.05) is 42.1 Å². The first-order valence-corrected chi connectivity index (χ1v) is 11.7. The van der Waals surface area contributed by atoms with E-state index in [1.807, 2.05) is 41.8 Å². The van der Waals surface area contributed by atoms with Crippen molar-refractivity contribution in [2.75, 3.05) is 23.5 Å². The van der Waals surface area contributed by atoms with Crippen molar-refractivity contribution in [2.45, 2.75) is 45.0 Å². The molecule has 0 atom stereocenters. The van der Waals surface area contributed by atoms with Crippen LogP contribution in [0.4, 0.5) is 16.2 Å². The number of carbonyl (C=O) groups is 2. The van der Waals surface area contributed by atoms with Crippen molar-refractivity contribution in [1.29, 1.82) is 0 Å². The average Bonchev–Trinajstić information content (AvgIpc) is 3.11. The number of amides is 2. The topological polar surface area (TPSA) is 107 Å². The third-order valence-electron chi connectivity index (χ3n) is 4.54. The van der Waals surface area contributed by atoms with Crippen molar-refractivity contribution < 1.29 is 19.1 Å². The van der Waals surface area contributed by atoms with E-state index in [-0.39, 0.29) is 11.7 Å². The van der Waals surface area contributed by atoms with Crippen LogP contribution in [0.2, 0.25) is 0 Å². The number of aromatic nitrogens is 3. The van der Waals surface area contributed by atoms with E-state index < -0.39 is 11.7 Å². The van der Waals surface area contributed by atoms with Gasteiger partial charge in [-0.2, -0.15) is 0 Å². The molecule has 0 radical (unpaired) electrons. The first-order chi connectivity index (χ1) is 16.1. The Morgan fingerprint density at radius 1 is 1.06 bits per heavy atom. The second-order valence-corrected chi connectivity index (χ2v) is 9.42. The van der Waals surface area contributed by atoms with Crippen LogP contribution in [-0.4, -0.2) is 45.2 Å². The third kappa shape index (κ3) is 7.24. The largest absolute Gasteiger partial charge is 0.495 e. The molecule has 0 aliphatic carbocycles. The molecule has 1 heterocycles. The maximum absolute atomic E-state index is 12.6. The summed E-state index contributed by atoms with van der Waals surface area (Å²) in [4.78, 5) is 24.8. The van der Waals surface area contributed by atoms with Gasteiger partial charge in [-0.3, -0.25) is 10.1 Å². The van der Waals surface area contributed by atoms with E-state index in [4.69, 9.17) is 9.47 Å². The first kappa shape index (κ1) is 25.1. The second kappa shape index (κ2) is 11.1. The molecule has 9 nitrogen and oxygen atoms in total. The summed E-state index contributed by atoms with van der Waals surface area (Å²) < 4.78 is 12.6. The van der Waals surface area contributed by atoms with Crippen LogP contribution in [0.15, 0.2) is 53.7 Å².